The van der Waals surface area contributed by atoms with Gasteiger partial charge in [0.1, 0.15) is 11.5 Å². The van der Waals surface area contributed by atoms with Crippen LogP contribution >= 0.6 is 12.4 Å². The molecule has 0 aliphatic heterocycles. The van der Waals surface area contributed by atoms with Gasteiger partial charge in [0.2, 0.25) is 0 Å². The molecule has 0 bridgehead atoms. The number of hydrogen-bond acceptors (Lipinski definition) is 6. The average Bonchev–Trinajstić information content (AvgIpc) is 3.85. The maximum Gasteiger partial charge on any atom is 0.118 e. The molecule has 0 aliphatic rings. The molecule has 66 heavy (non-hydrogen) atoms. The zero-order chi connectivity index (χ0) is 44.0. The summed E-state index contributed by atoms with van der Waals surface area (Å²) >= 11 is 0. The number of halogens is 1. The third-order valence-electron chi connectivity index (χ3n) is 12.5. The van der Waals surface area contributed by atoms with Crippen molar-refractivity contribution in [2.24, 2.45) is 0 Å². The highest BCUT2D eigenvalue weighted by Crippen LogP contribution is 2.38. The fraction of sp³-hybridized carbons (Fsp3) is 0.193. The molecule has 8 nitrogen and oxygen atoms in total. The lowest BCUT2D eigenvalue weighted by Gasteiger charge is -2.14. The van der Waals surface area contributed by atoms with Crippen molar-refractivity contribution in [2.75, 3.05) is 27.3 Å². The van der Waals surface area contributed by atoms with Gasteiger partial charge in [0.15, 0.2) is 0 Å². The monoisotopic (exact) mass is 890 g/mol. The molecule has 0 radical (unpaired) electrons. The van der Waals surface area contributed by atoms with Crippen LogP contribution in [0.3, 0.4) is 0 Å². The molecule has 4 aromatic heterocycles. The number of unbranched alkanes of at least 4 members (excludes halogenated alkanes) is 2. The maximum absolute atomic E-state index is 5.52. The number of ether oxygens (including phenoxy) is 2. The van der Waals surface area contributed by atoms with Gasteiger partial charge in [-0.15, -0.1) is 12.4 Å². The molecule has 4 heterocycles. The van der Waals surface area contributed by atoms with Crippen LogP contribution in [0.15, 0.2) is 170 Å². The van der Waals surface area contributed by atoms with Gasteiger partial charge >= 0.3 is 0 Å². The van der Waals surface area contributed by atoms with Gasteiger partial charge in [-0.2, -0.15) is 0 Å². The molecule has 10 aromatic rings. The molecule has 0 saturated carbocycles. The number of fused-ring (bicyclic) bond motifs is 6. The molecule has 2 N–H and O–H groups in total. The van der Waals surface area contributed by atoms with Crippen molar-refractivity contribution < 1.29 is 9.47 Å². The number of pyridine rings is 2. The van der Waals surface area contributed by atoms with Crippen molar-refractivity contribution in [3.63, 3.8) is 0 Å². The first-order valence-electron chi connectivity index (χ1n) is 22.7. The molecule has 0 amide bonds. The Kier molecular flexibility index (Phi) is 13.7. The average molecular weight is 892 g/mol. The molecule has 6 aromatic carbocycles. The van der Waals surface area contributed by atoms with Crippen LogP contribution in [0.4, 0.5) is 0 Å². The number of rotatable bonds is 18. The SMILES string of the molecule is COc1ccc(-c2nc(CNCCCCCNCc3cc4c5ccccc5n(Cc5ccccc5)c4c(-c4ccc(OC)cc4)n3)cc3c4ccccc4n(Cc4ccccc4)c23)cc1.Cl. The smallest absolute Gasteiger partial charge is 0.118 e. The molecule has 10 rings (SSSR count). The highest BCUT2D eigenvalue weighted by Gasteiger charge is 2.20. The van der Waals surface area contributed by atoms with E-state index in [1.54, 1.807) is 14.2 Å². The lowest BCUT2D eigenvalue weighted by molar-refractivity contribution is 0.415. The van der Waals surface area contributed by atoms with Crippen molar-refractivity contribution in [3.8, 4) is 34.0 Å². The van der Waals surface area contributed by atoms with E-state index in [0.29, 0.717) is 13.1 Å². The van der Waals surface area contributed by atoms with Gasteiger partial charge in [-0.25, -0.2) is 9.97 Å². The molecular weight excluding hydrogens is 836 g/mol. The summed E-state index contributed by atoms with van der Waals surface area (Å²) in [6.07, 6.45) is 3.28. The Labute approximate surface area is 392 Å². The van der Waals surface area contributed by atoms with Crippen LogP contribution in [-0.4, -0.2) is 46.4 Å². The van der Waals surface area contributed by atoms with Crippen molar-refractivity contribution in [2.45, 2.75) is 45.4 Å². The van der Waals surface area contributed by atoms with E-state index in [1.165, 1.54) is 43.7 Å². The molecule has 0 saturated heterocycles. The van der Waals surface area contributed by atoms with Gasteiger partial charge in [0.25, 0.3) is 0 Å². The van der Waals surface area contributed by atoms with Gasteiger partial charge in [-0.3, -0.25) is 0 Å². The van der Waals surface area contributed by atoms with Crippen molar-refractivity contribution >= 4 is 56.0 Å². The molecule has 0 atom stereocenters. The second-order valence-electron chi connectivity index (χ2n) is 16.8. The molecule has 0 aliphatic carbocycles. The van der Waals surface area contributed by atoms with Crippen LogP contribution in [0.25, 0.3) is 66.1 Å². The molecule has 332 valence electrons. The minimum Gasteiger partial charge on any atom is -0.497 e. The number of para-hydroxylation sites is 2. The summed E-state index contributed by atoms with van der Waals surface area (Å²) in [4.78, 5) is 10.7. The van der Waals surface area contributed by atoms with Crippen molar-refractivity contribution in [3.05, 3.63) is 192 Å². The standard InChI is InChI=1S/C57H54N6O2.ClH/c1-64-46-28-24-42(25-29-46)54-56-50(48-20-10-12-22-52(48)62(56)38-40-16-6-3-7-17-40)34-44(60-54)36-58-32-14-5-15-33-59-37-45-35-51-49-21-11-13-23-53(49)63(39-41-18-8-4-9-19-41)57(51)55(61-45)43-26-30-47(65-2)31-27-43;/h3-4,6-13,16-31,34-35,58-59H,5,14-15,32-33,36-39H2,1-2H3;1H. The minimum atomic E-state index is 0. The first-order valence-corrected chi connectivity index (χ1v) is 22.7. The van der Waals surface area contributed by atoms with Gasteiger partial charge in [-0.1, -0.05) is 103 Å². The lowest BCUT2D eigenvalue weighted by atomic mass is 10.1. The Hall–Kier alpha value is -6.97. The van der Waals surface area contributed by atoms with Gasteiger partial charge in [-0.05, 0) is 110 Å². The van der Waals surface area contributed by atoms with Crippen molar-refractivity contribution in [1.82, 2.24) is 29.7 Å². The first kappa shape index (κ1) is 44.2. The van der Waals surface area contributed by atoms with Crippen LogP contribution in [0.1, 0.15) is 41.8 Å². The minimum absolute atomic E-state index is 0. The number of methoxy groups -OCH3 is 2. The predicted octanol–water partition coefficient (Wildman–Crippen LogP) is 12.6. The summed E-state index contributed by atoms with van der Waals surface area (Å²) in [6.45, 7) is 4.76. The van der Waals surface area contributed by atoms with Crippen LogP contribution in [0, 0.1) is 0 Å². The van der Waals surface area contributed by atoms with E-state index in [0.717, 1.165) is 102 Å². The Bertz CT molecular complexity index is 2990. The van der Waals surface area contributed by atoms with Crippen LogP contribution in [-0.2, 0) is 26.2 Å². The van der Waals surface area contributed by atoms with Crippen LogP contribution < -0.4 is 20.1 Å². The Morgan fingerprint density at radius 1 is 0.439 bits per heavy atom. The fourth-order valence-electron chi connectivity index (χ4n) is 9.31. The molecule has 0 spiro atoms. The second-order valence-corrected chi connectivity index (χ2v) is 16.8. The molecule has 9 heteroatoms. The molecule has 0 fully saturated rings. The predicted molar refractivity (Wildman–Crippen MR) is 274 cm³/mol. The number of aromatic nitrogens is 4. The third kappa shape index (κ3) is 9.26. The number of benzene rings is 6. The number of nitrogens with zero attached hydrogens (tertiary/aromatic N) is 4. The fourth-order valence-corrected chi connectivity index (χ4v) is 9.31. The van der Waals surface area contributed by atoms with Crippen LogP contribution in [0.2, 0.25) is 0 Å². The lowest BCUT2D eigenvalue weighted by Crippen LogP contribution is -2.18. The summed E-state index contributed by atoms with van der Waals surface area (Å²) < 4.78 is 15.9. The van der Waals surface area contributed by atoms with Gasteiger partial charge in [0.05, 0.1) is 48.0 Å². The first-order chi connectivity index (χ1) is 32.1. The Balaban J connectivity index is 0.00000548. The Morgan fingerprint density at radius 2 is 0.833 bits per heavy atom. The van der Waals surface area contributed by atoms with E-state index in [4.69, 9.17) is 19.4 Å². The normalized spacial score (nSPS) is 11.4. The second kappa shape index (κ2) is 20.5. The van der Waals surface area contributed by atoms with Gasteiger partial charge in [0, 0.05) is 69.9 Å². The van der Waals surface area contributed by atoms with E-state index in [2.05, 4.69) is 165 Å². The number of hydrogen-bond donors (Lipinski definition) is 2. The zero-order valence-electron chi connectivity index (χ0n) is 37.5. The Morgan fingerprint density at radius 3 is 1.24 bits per heavy atom. The summed E-state index contributed by atoms with van der Waals surface area (Å²) in [5.74, 6) is 1.66. The van der Waals surface area contributed by atoms with E-state index in [-0.39, 0.29) is 12.4 Å². The summed E-state index contributed by atoms with van der Waals surface area (Å²) in [7, 11) is 3.41. The summed E-state index contributed by atoms with van der Waals surface area (Å²) in [5, 5.41) is 12.4. The van der Waals surface area contributed by atoms with E-state index in [9.17, 15) is 0 Å². The number of nitrogens with one attached hydrogen (secondary N) is 2. The maximum atomic E-state index is 5.52. The van der Waals surface area contributed by atoms with E-state index < -0.39 is 0 Å². The molecular formula is C57H55ClN6O2. The quantitative estimate of drug-likeness (QED) is 0.0836. The van der Waals surface area contributed by atoms with Crippen molar-refractivity contribution in [1.29, 1.82) is 0 Å². The highest BCUT2D eigenvalue weighted by atomic mass is 35.5. The summed E-state index contributed by atoms with van der Waals surface area (Å²) in [6, 6.07) is 60.0. The van der Waals surface area contributed by atoms with E-state index >= 15 is 0 Å². The third-order valence-corrected chi connectivity index (χ3v) is 12.5. The highest BCUT2D eigenvalue weighted by molar-refractivity contribution is 6.13. The zero-order valence-corrected chi connectivity index (χ0v) is 38.4. The molecule has 0 unspecified atom stereocenters. The topological polar surface area (TPSA) is 78.2 Å². The summed E-state index contributed by atoms with van der Waals surface area (Å²) in [5.41, 5.74) is 13.4. The van der Waals surface area contributed by atoms with Gasteiger partial charge < -0.3 is 29.2 Å². The van der Waals surface area contributed by atoms with E-state index in [1.807, 2.05) is 24.3 Å². The van der Waals surface area contributed by atoms with Crippen LogP contribution in [0.5, 0.6) is 11.5 Å². The largest absolute Gasteiger partial charge is 0.497 e.